The van der Waals surface area contributed by atoms with E-state index in [1.807, 2.05) is 13.8 Å². The first-order valence-corrected chi connectivity index (χ1v) is 10.1. The van der Waals surface area contributed by atoms with Gasteiger partial charge < -0.3 is 19.7 Å². The zero-order chi connectivity index (χ0) is 22.3. The first-order valence-electron chi connectivity index (χ1n) is 10.1. The van der Waals surface area contributed by atoms with Crippen LogP contribution in [-0.2, 0) is 25.6 Å². The number of nitrogens with zero attached hydrogens (tertiary/aromatic N) is 1. The van der Waals surface area contributed by atoms with Crippen molar-refractivity contribution in [3.63, 3.8) is 0 Å². The summed E-state index contributed by atoms with van der Waals surface area (Å²) in [5.74, 6) is -2.30. The summed E-state index contributed by atoms with van der Waals surface area (Å²) in [4.78, 5) is 24.9. The smallest absolute Gasteiger partial charge is 0.376 e. The zero-order valence-corrected chi connectivity index (χ0v) is 17.5. The number of rotatable bonds is 9. The maximum Gasteiger partial charge on any atom is 0.471 e. The van der Waals surface area contributed by atoms with Crippen LogP contribution in [0.2, 0.25) is 0 Å². The van der Waals surface area contributed by atoms with E-state index in [0.717, 1.165) is 12.8 Å². The highest BCUT2D eigenvalue weighted by atomic mass is 19.4. The topological polar surface area (TPSA) is 67.9 Å². The van der Waals surface area contributed by atoms with Crippen LogP contribution >= 0.6 is 0 Å². The Morgan fingerprint density at radius 3 is 2.63 bits per heavy atom. The highest BCUT2D eigenvalue weighted by Crippen LogP contribution is 2.21. The number of halogens is 3. The van der Waals surface area contributed by atoms with Crippen molar-refractivity contribution in [2.24, 2.45) is 5.92 Å². The monoisotopic (exact) mass is 430 g/mol. The van der Waals surface area contributed by atoms with Crippen molar-refractivity contribution in [3.05, 3.63) is 29.8 Å². The SMILES string of the molecule is CCN(Cc1cccc(NC(=O)[C@@H](OC[C@@H]2CCCO2)C(C)C)c1)C(=O)C(F)(F)F. The lowest BCUT2D eigenvalue weighted by Crippen LogP contribution is -2.40. The third-order valence-corrected chi connectivity index (χ3v) is 4.83. The standard InChI is InChI=1S/C21H29F3N2O4/c1-4-26(20(28)21(22,23)24)12-15-7-5-8-16(11-15)25-19(27)18(14(2)3)30-13-17-9-6-10-29-17/h5,7-8,11,14,17-18H,4,6,9-10,12-13H2,1-3H3,(H,25,27)/t17-,18-/m0/s1. The summed E-state index contributed by atoms with van der Waals surface area (Å²) < 4.78 is 49.5. The molecule has 0 aromatic heterocycles. The molecule has 1 aromatic carbocycles. The molecule has 1 aliphatic rings. The van der Waals surface area contributed by atoms with E-state index in [4.69, 9.17) is 9.47 Å². The van der Waals surface area contributed by atoms with Gasteiger partial charge in [0.2, 0.25) is 0 Å². The van der Waals surface area contributed by atoms with Crippen molar-refractivity contribution in [1.29, 1.82) is 0 Å². The fourth-order valence-electron chi connectivity index (χ4n) is 3.25. The summed E-state index contributed by atoms with van der Waals surface area (Å²) in [5.41, 5.74) is 0.910. The highest BCUT2D eigenvalue weighted by molar-refractivity contribution is 5.94. The molecule has 2 atom stereocenters. The molecular weight excluding hydrogens is 401 g/mol. The van der Waals surface area contributed by atoms with Crippen molar-refractivity contribution in [3.8, 4) is 0 Å². The zero-order valence-electron chi connectivity index (χ0n) is 17.5. The summed E-state index contributed by atoms with van der Waals surface area (Å²) >= 11 is 0. The van der Waals surface area contributed by atoms with E-state index in [2.05, 4.69) is 5.32 Å². The van der Waals surface area contributed by atoms with E-state index in [1.165, 1.54) is 6.92 Å². The summed E-state index contributed by atoms with van der Waals surface area (Å²) in [6.07, 6.45) is -3.73. The van der Waals surface area contributed by atoms with Crippen molar-refractivity contribution in [2.75, 3.05) is 25.1 Å². The van der Waals surface area contributed by atoms with Gasteiger partial charge in [-0.15, -0.1) is 0 Å². The molecule has 1 aliphatic heterocycles. The Morgan fingerprint density at radius 2 is 2.07 bits per heavy atom. The molecule has 2 rings (SSSR count). The Kier molecular flexibility index (Phi) is 8.66. The maximum absolute atomic E-state index is 12.7. The average Bonchev–Trinajstić information content (AvgIpc) is 3.18. The Bertz CT molecular complexity index is 718. The average molecular weight is 430 g/mol. The van der Waals surface area contributed by atoms with Crippen LogP contribution in [0.5, 0.6) is 0 Å². The van der Waals surface area contributed by atoms with Gasteiger partial charge in [-0.2, -0.15) is 13.2 Å². The molecule has 6 nitrogen and oxygen atoms in total. The molecule has 30 heavy (non-hydrogen) atoms. The van der Waals surface area contributed by atoms with Gasteiger partial charge in [-0.05, 0) is 43.4 Å². The van der Waals surface area contributed by atoms with Gasteiger partial charge in [0.1, 0.15) is 6.10 Å². The third-order valence-electron chi connectivity index (χ3n) is 4.83. The van der Waals surface area contributed by atoms with Gasteiger partial charge >= 0.3 is 12.1 Å². The van der Waals surface area contributed by atoms with Crippen molar-refractivity contribution >= 4 is 17.5 Å². The second kappa shape index (κ2) is 10.8. The number of carbonyl (C=O) groups is 2. The van der Waals surface area contributed by atoms with Gasteiger partial charge in [0.25, 0.3) is 5.91 Å². The Hall–Kier alpha value is -2.13. The Labute approximate surface area is 174 Å². The molecule has 1 saturated heterocycles. The quantitative estimate of drug-likeness (QED) is 0.648. The predicted octanol–water partition coefficient (Wildman–Crippen LogP) is 3.76. The van der Waals surface area contributed by atoms with E-state index >= 15 is 0 Å². The molecule has 0 unspecified atom stereocenters. The van der Waals surface area contributed by atoms with Gasteiger partial charge in [-0.25, -0.2) is 0 Å². The number of benzene rings is 1. The summed E-state index contributed by atoms with van der Waals surface area (Å²) in [6, 6.07) is 6.42. The van der Waals surface area contributed by atoms with E-state index < -0.39 is 18.2 Å². The van der Waals surface area contributed by atoms with Gasteiger partial charge in [0.05, 0.1) is 12.7 Å². The van der Waals surface area contributed by atoms with Crippen molar-refractivity contribution in [1.82, 2.24) is 4.90 Å². The number of ether oxygens (including phenoxy) is 2. The molecule has 9 heteroatoms. The number of carbonyl (C=O) groups excluding carboxylic acids is 2. The fraction of sp³-hybridized carbons (Fsp3) is 0.619. The van der Waals surface area contributed by atoms with E-state index in [1.54, 1.807) is 24.3 Å². The third kappa shape index (κ3) is 6.98. The molecule has 1 aromatic rings. The number of hydrogen-bond donors (Lipinski definition) is 1. The van der Waals surface area contributed by atoms with Gasteiger partial charge in [0.15, 0.2) is 0 Å². The van der Waals surface area contributed by atoms with Crippen molar-refractivity contribution in [2.45, 2.75) is 58.5 Å². The number of hydrogen-bond acceptors (Lipinski definition) is 4. The summed E-state index contributed by atoms with van der Waals surface area (Å²) in [6.45, 7) is 5.97. The number of nitrogens with one attached hydrogen (secondary N) is 1. The van der Waals surface area contributed by atoms with Crippen LogP contribution in [0.3, 0.4) is 0 Å². The van der Waals surface area contributed by atoms with Gasteiger partial charge in [-0.1, -0.05) is 26.0 Å². The van der Waals surface area contributed by atoms with Crippen LogP contribution in [0, 0.1) is 5.92 Å². The molecule has 2 amide bonds. The predicted molar refractivity (Wildman–Crippen MR) is 106 cm³/mol. The molecule has 0 radical (unpaired) electrons. The number of alkyl halides is 3. The molecular formula is C21H29F3N2O4. The first-order chi connectivity index (χ1) is 14.1. The minimum absolute atomic E-state index is 0.00595. The molecule has 0 aliphatic carbocycles. The normalized spacial score (nSPS) is 17.8. The van der Waals surface area contributed by atoms with E-state index in [-0.39, 0.29) is 31.0 Å². The van der Waals surface area contributed by atoms with Gasteiger partial charge in [-0.3, -0.25) is 9.59 Å². The minimum Gasteiger partial charge on any atom is -0.376 e. The minimum atomic E-state index is -4.92. The van der Waals surface area contributed by atoms with Crippen LogP contribution in [0.1, 0.15) is 39.2 Å². The molecule has 1 fully saturated rings. The van der Waals surface area contributed by atoms with Crippen LogP contribution in [0.25, 0.3) is 0 Å². The summed E-state index contributed by atoms with van der Waals surface area (Å²) in [5, 5.41) is 2.76. The largest absolute Gasteiger partial charge is 0.471 e. The lowest BCUT2D eigenvalue weighted by molar-refractivity contribution is -0.185. The molecule has 1 heterocycles. The van der Waals surface area contributed by atoms with E-state index in [9.17, 15) is 22.8 Å². The first kappa shape index (κ1) is 24.1. The molecule has 1 N–H and O–H groups in total. The number of anilines is 1. The lowest BCUT2D eigenvalue weighted by atomic mass is 10.1. The molecule has 0 bridgehead atoms. The second-order valence-electron chi connectivity index (χ2n) is 7.64. The lowest BCUT2D eigenvalue weighted by Gasteiger charge is -2.23. The fourth-order valence-corrected chi connectivity index (χ4v) is 3.25. The Morgan fingerprint density at radius 1 is 1.33 bits per heavy atom. The highest BCUT2D eigenvalue weighted by Gasteiger charge is 2.41. The van der Waals surface area contributed by atoms with Gasteiger partial charge in [0, 0.05) is 25.4 Å². The van der Waals surface area contributed by atoms with Crippen LogP contribution in [-0.4, -0.2) is 54.9 Å². The second-order valence-corrected chi connectivity index (χ2v) is 7.64. The van der Waals surface area contributed by atoms with Crippen LogP contribution in [0.4, 0.5) is 18.9 Å². The van der Waals surface area contributed by atoms with E-state index in [0.29, 0.717) is 29.4 Å². The van der Waals surface area contributed by atoms with Crippen LogP contribution < -0.4 is 5.32 Å². The molecule has 0 saturated carbocycles. The number of amides is 2. The molecule has 168 valence electrons. The molecule has 0 spiro atoms. The van der Waals surface area contributed by atoms with Crippen LogP contribution in [0.15, 0.2) is 24.3 Å². The Balaban J connectivity index is 2.01. The van der Waals surface area contributed by atoms with Crippen molar-refractivity contribution < 1.29 is 32.2 Å². The maximum atomic E-state index is 12.7. The summed E-state index contributed by atoms with van der Waals surface area (Å²) in [7, 11) is 0.